The Kier molecular flexibility index (Phi) is 6.25. The van der Waals surface area contributed by atoms with Gasteiger partial charge in [-0.1, -0.05) is 127 Å². The summed E-state index contributed by atoms with van der Waals surface area (Å²) in [7, 11) is 0. The molecule has 0 radical (unpaired) electrons. The zero-order chi connectivity index (χ0) is 34.2. The van der Waals surface area contributed by atoms with Gasteiger partial charge in [-0.25, -0.2) is 9.97 Å². The summed E-state index contributed by atoms with van der Waals surface area (Å²) in [5, 5.41) is 10.5. The van der Waals surface area contributed by atoms with E-state index in [1.165, 1.54) is 10.8 Å². The molecule has 244 valence electrons. The first kappa shape index (κ1) is 28.8. The van der Waals surface area contributed by atoms with Gasteiger partial charge >= 0.3 is 0 Å². The van der Waals surface area contributed by atoms with Crippen molar-refractivity contribution in [1.29, 1.82) is 0 Å². The van der Waals surface area contributed by atoms with Gasteiger partial charge in [-0.2, -0.15) is 0 Å². The highest BCUT2D eigenvalue weighted by atomic mass is 16.3. The number of furan rings is 2. The van der Waals surface area contributed by atoms with Crippen LogP contribution in [0.3, 0.4) is 0 Å². The molecule has 1 aliphatic heterocycles. The average molecular weight is 668 g/mol. The van der Waals surface area contributed by atoms with Crippen molar-refractivity contribution in [2.75, 3.05) is 0 Å². The van der Waals surface area contributed by atoms with Gasteiger partial charge in [0.25, 0.3) is 0 Å². The molecule has 11 rings (SSSR count). The summed E-state index contributed by atoms with van der Waals surface area (Å²) in [6.07, 6.45) is 8.52. The molecule has 0 saturated heterocycles. The topological polar surface area (TPSA) is 64.1 Å². The van der Waals surface area contributed by atoms with Crippen molar-refractivity contribution in [3.8, 4) is 33.9 Å². The third-order valence-electron chi connectivity index (χ3n) is 10.3. The van der Waals surface area contributed by atoms with Crippen LogP contribution in [-0.2, 0) is 0 Å². The first-order valence-electron chi connectivity index (χ1n) is 17.5. The van der Waals surface area contributed by atoms with Crippen LogP contribution < -0.4 is 16.0 Å². The number of para-hydroxylation sites is 2. The summed E-state index contributed by atoms with van der Waals surface area (Å²) in [6, 6.07) is 48.1. The van der Waals surface area contributed by atoms with Crippen LogP contribution >= 0.6 is 0 Å². The van der Waals surface area contributed by atoms with Crippen LogP contribution in [0.5, 0.6) is 0 Å². The Morgan fingerprint density at radius 3 is 2.23 bits per heavy atom. The molecule has 0 bridgehead atoms. The van der Waals surface area contributed by atoms with Crippen molar-refractivity contribution in [2.45, 2.75) is 6.04 Å². The lowest BCUT2D eigenvalue weighted by atomic mass is 9.93. The Morgan fingerprint density at radius 2 is 1.29 bits per heavy atom. The first-order valence-corrected chi connectivity index (χ1v) is 17.5. The highest BCUT2D eigenvalue weighted by Gasteiger charge is 2.25. The minimum Gasteiger partial charge on any atom is -0.456 e. The summed E-state index contributed by atoms with van der Waals surface area (Å²) in [4.78, 5) is 10.3. The van der Waals surface area contributed by atoms with E-state index in [4.69, 9.17) is 18.8 Å². The Morgan fingerprint density at radius 1 is 0.538 bits per heavy atom. The molecule has 0 amide bonds. The molecule has 2 aliphatic rings. The normalized spacial score (nSPS) is 15.0. The smallest absolute Gasteiger partial charge is 0.160 e. The van der Waals surface area contributed by atoms with E-state index in [9.17, 15) is 0 Å². The highest BCUT2D eigenvalue weighted by molar-refractivity contribution is 6.09. The van der Waals surface area contributed by atoms with Gasteiger partial charge in [-0.05, 0) is 47.2 Å². The minimum absolute atomic E-state index is 0.00492. The first-order chi connectivity index (χ1) is 25.8. The lowest BCUT2D eigenvalue weighted by Crippen LogP contribution is -2.44. The van der Waals surface area contributed by atoms with Crippen molar-refractivity contribution >= 4 is 55.0 Å². The molecule has 1 aliphatic carbocycles. The lowest BCUT2D eigenvalue weighted by molar-refractivity contribution is 0.564. The molecule has 5 heteroatoms. The average Bonchev–Trinajstić information content (AvgIpc) is 3.79. The second kappa shape index (κ2) is 11.3. The maximum absolute atomic E-state index is 6.75. The van der Waals surface area contributed by atoms with Crippen LogP contribution in [0.15, 0.2) is 173 Å². The predicted molar refractivity (Wildman–Crippen MR) is 210 cm³/mol. The molecule has 0 fully saturated rings. The van der Waals surface area contributed by atoms with Crippen LogP contribution in [-0.4, -0.2) is 16.0 Å². The molecular formula is C47H29N3O2. The molecule has 9 aromatic rings. The molecule has 5 nitrogen and oxygen atoms in total. The number of hydrogen-bond donors (Lipinski definition) is 1. The summed E-state index contributed by atoms with van der Waals surface area (Å²) >= 11 is 0. The zero-order valence-electron chi connectivity index (χ0n) is 27.9. The molecule has 4 heterocycles. The molecule has 52 heavy (non-hydrogen) atoms. The number of aromatic nitrogens is 2. The fraction of sp³-hybridized carbons (Fsp3) is 0.0213. The van der Waals surface area contributed by atoms with Gasteiger partial charge in [0.1, 0.15) is 22.2 Å². The van der Waals surface area contributed by atoms with Gasteiger partial charge < -0.3 is 14.2 Å². The van der Waals surface area contributed by atoms with E-state index in [-0.39, 0.29) is 6.04 Å². The minimum atomic E-state index is 0.00492. The van der Waals surface area contributed by atoms with Crippen LogP contribution in [0.4, 0.5) is 0 Å². The second-order valence-electron chi connectivity index (χ2n) is 13.3. The largest absolute Gasteiger partial charge is 0.456 e. The second-order valence-corrected chi connectivity index (χ2v) is 13.3. The maximum Gasteiger partial charge on any atom is 0.160 e. The van der Waals surface area contributed by atoms with E-state index in [0.29, 0.717) is 5.82 Å². The third-order valence-corrected chi connectivity index (χ3v) is 10.3. The molecule has 1 unspecified atom stereocenters. The highest BCUT2D eigenvalue weighted by Crippen LogP contribution is 2.37. The third kappa shape index (κ3) is 4.42. The monoisotopic (exact) mass is 667 g/mol. The zero-order valence-corrected chi connectivity index (χ0v) is 27.9. The van der Waals surface area contributed by atoms with Gasteiger partial charge in [0.2, 0.25) is 0 Å². The summed E-state index contributed by atoms with van der Waals surface area (Å²) < 4.78 is 13.2. The number of hydrogen-bond acceptors (Lipinski definition) is 5. The number of nitrogens with one attached hydrogen (secondary N) is 1. The van der Waals surface area contributed by atoms with Gasteiger partial charge in [-0.3, -0.25) is 0 Å². The van der Waals surface area contributed by atoms with E-state index >= 15 is 0 Å². The number of fused-ring (bicyclic) bond motifs is 8. The SMILES string of the molecule is C1=CC2=c3oc4ccc(-c5cc(-c6cccc7c6oc6ccccc67)nc(-c6ccccc6)n5)cc4c3=C(c3cccc4ccccc34)NC2C=C1. The number of benzene rings is 6. The Labute approximate surface area is 298 Å². The molecule has 0 saturated carbocycles. The quantitative estimate of drug-likeness (QED) is 0.203. The number of allylic oxidation sites excluding steroid dienone is 2. The van der Waals surface area contributed by atoms with Gasteiger partial charge in [0.15, 0.2) is 5.82 Å². The van der Waals surface area contributed by atoms with Crippen LogP contribution in [0, 0.1) is 0 Å². The van der Waals surface area contributed by atoms with Crippen molar-refractivity contribution in [1.82, 2.24) is 15.3 Å². The van der Waals surface area contributed by atoms with Gasteiger partial charge in [-0.15, -0.1) is 0 Å². The van der Waals surface area contributed by atoms with E-state index in [1.807, 2.05) is 36.4 Å². The fourth-order valence-corrected chi connectivity index (χ4v) is 7.87. The maximum atomic E-state index is 6.75. The van der Waals surface area contributed by atoms with E-state index in [1.54, 1.807) is 0 Å². The van der Waals surface area contributed by atoms with Crippen molar-refractivity contribution in [3.63, 3.8) is 0 Å². The van der Waals surface area contributed by atoms with E-state index in [2.05, 4.69) is 133 Å². The Bertz CT molecular complexity index is 3110. The summed E-state index contributed by atoms with van der Waals surface area (Å²) in [5.41, 5.74) is 11.2. The van der Waals surface area contributed by atoms with Crippen molar-refractivity contribution in [3.05, 3.63) is 180 Å². The van der Waals surface area contributed by atoms with Crippen LogP contribution in [0.1, 0.15) is 5.56 Å². The summed E-state index contributed by atoms with van der Waals surface area (Å²) in [5.74, 6) is 0.651. The molecule has 6 aromatic carbocycles. The van der Waals surface area contributed by atoms with Crippen molar-refractivity contribution < 1.29 is 8.83 Å². The standard InChI is InChI=1S/C47H29N3O2/c1-2-13-29(14-3-1)47-49-39(27-40(50-47)36-21-11-20-34-32-17-7-9-23-41(32)51-45(34)36)30-24-25-42-37(26-30)43-44(33-19-10-15-28-12-4-5-16-31(28)33)48-38-22-8-6-18-35(38)46(43)52-42/h1-27,38,48H. The molecule has 1 N–H and O–H groups in total. The van der Waals surface area contributed by atoms with Gasteiger partial charge in [0.05, 0.1) is 28.3 Å². The fourth-order valence-electron chi connectivity index (χ4n) is 7.87. The number of nitrogens with zero attached hydrogens (tertiary/aromatic N) is 2. The predicted octanol–water partition coefficient (Wildman–Crippen LogP) is 9.68. The van der Waals surface area contributed by atoms with Crippen molar-refractivity contribution in [2.24, 2.45) is 0 Å². The Balaban J connectivity index is 1.18. The molecule has 0 spiro atoms. The van der Waals surface area contributed by atoms with E-state index < -0.39 is 0 Å². The molecule has 1 atom stereocenters. The molecule has 3 aromatic heterocycles. The molecular weight excluding hydrogens is 639 g/mol. The lowest BCUT2D eigenvalue weighted by Gasteiger charge is -2.25. The Hall–Kier alpha value is -6.98. The van der Waals surface area contributed by atoms with Crippen LogP contribution in [0.25, 0.3) is 88.9 Å². The van der Waals surface area contributed by atoms with Crippen LogP contribution in [0.2, 0.25) is 0 Å². The van der Waals surface area contributed by atoms with E-state index in [0.717, 1.165) is 88.5 Å². The van der Waals surface area contributed by atoms with Gasteiger partial charge in [0, 0.05) is 44.0 Å². The number of rotatable bonds is 4. The summed E-state index contributed by atoms with van der Waals surface area (Å²) in [6.45, 7) is 0.